The van der Waals surface area contributed by atoms with Crippen LogP contribution in [0, 0.1) is 5.92 Å². The van der Waals surface area contributed by atoms with Gasteiger partial charge in [0.15, 0.2) is 0 Å². The fraction of sp³-hybridized carbons (Fsp3) is 0.208. The summed E-state index contributed by atoms with van der Waals surface area (Å²) in [7, 11) is 1.91. The summed E-state index contributed by atoms with van der Waals surface area (Å²) in [5.74, 6) is -0.990. The zero-order chi connectivity index (χ0) is 20.7. The van der Waals surface area contributed by atoms with Gasteiger partial charge in [-0.2, -0.15) is 5.10 Å². The number of fused-ring (bicyclic) bond motifs is 1. The lowest BCUT2D eigenvalue weighted by Crippen LogP contribution is -2.16. The van der Waals surface area contributed by atoms with Gasteiger partial charge in [-0.1, -0.05) is 36.4 Å². The molecule has 0 amide bonds. The quantitative estimate of drug-likeness (QED) is 0.542. The average Bonchev–Trinajstić information content (AvgIpc) is 3.40. The number of rotatable bonds is 4. The number of hydrogen-bond donors (Lipinski definition) is 1. The van der Waals surface area contributed by atoms with E-state index in [1.807, 2.05) is 37.8 Å². The van der Waals surface area contributed by atoms with Gasteiger partial charge < -0.3 is 5.11 Å². The second kappa shape index (κ2) is 7.30. The number of carbonyl (C=O) groups is 1. The van der Waals surface area contributed by atoms with Gasteiger partial charge in [-0.25, -0.2) is 4.98 Å². The topological polar surface area (TPSA) is 72.4 Å². The van der Waals surface area contributed by atoms with Crippen molar-refractivity contribution in [3.63, 3.8) is 0 Å². The van der Waals surface area contributed by atoms with E-state index in [2.05, 4.69) is 50.9 Å². The van der Waals surface area contributed by atoms with E-state index >= 15 is 0 Å². The Balaban J connectivity index is 1.54. The van der Waals surface area contributed by atoms with Gasteiger partial charge >= 0.3 is 5.97 Å². The summed E-state index contributed by atoms with van der Waals surface area (Å²) in [5, 5.41) is 13.5. The molecule has 1 aliphatic carbocycles. The van der Waals surface area contributed by atoms with Crippen molar-refractivity contribution < 1.29 is 9.90 Å². The van der Waals surface area contributed by atoms with Gasteiger partial charge in [0.05, 0.1) is 29.7 Å². The van der Waals surface area contributed by atoms with Crippen LogP contribution in [0.15, 0.2) is 67.1 Å². The molecule has 4 aromatic rings. The highest BCUT2D eigenvalue weighted by Crippen LogP contribution is 2.33. The van der Waals surface area contributed by atoms with Crippen LogP contribution in [0.4, 0.5) is 0 Å². The zero-order valence-electron chi connectivity index (χ0n) is 16.7. The predicted molar refractivity (Wildman–Crippen MR) is 116 cm³/mol. The van der Waals surface area contributed by atoms with E-state index in [0.29, 0.717) is 12.8 Å². The molecule has 1 unspecified atom stereocenters. The van der Waals surface area contributed by atoms with E-state index in [1.165, 1.54) is 5.57 Å². The molecule has 0 spiro atoms. The first-order valence-electron chi connectivity index (χ1n) is 10.1. The molecule has 0 aliphatic heterocycles. The van der Waals surface area contributed by atoms with Gasteiger partial charge in [-0.3, -0.25) is 13.9 Å². The van der Waals surface area contributed by atoms with Gasteiger partial charge in [0.1, 0.15) is 5.65 Å². The number of nitrogens with zero attached hydrogens (tertiary/aromatic N) is 4. The number of pyridine rings is 1. The molecule has 0 bridgehead atoms. The Kier molecular flexibility index (Phi) is 4.47. The second-order valence-corrected chi connectivity index (χ2v) is 7.77. The molecule has 6 heteroatoms. The Morgan fingerprint density at radius 2 is 1.83 bits per heavy atom. The number of carboxylic acids is 1. The van der Waals surface area contributed by atoms with Gasteiger partial charge in [0.25, 0.3) is 0 Å². The summed E-state index contributed by atoms with van der Waals surface area (Å²) in [6.07, 6.45) is 9.84. The second-order valence-electron chi connectivity index (χ2n) is 7.77. The van der Waals surface area contributed by atoms with Crippen LogP contribution >= 0.6 is 0 Å². The molecule has 3 aromatic heterocycles. The number of aryl methyl sites for hydroxylation is 1. The minimum Gasteiger partial charge on any atom is -0.481 e. The summed E-state index contributed by atoms with van der Waals surface area (Å²) in [6, 6.07) is 14.5. The molecule has 1 N–H and O–H groups in total. The Morgan fingerprint density at radius 1 is 1.03 bits per heavy atom. The molecule has 0 fully saturated rings. The Bertz CT molecular complexity index is 1260. The van der Waals surface area contributed by atoms with Crippen molar-refractivity contribution in [2.75, 3.05) is 0 Å². The van der Waals surface area contributed by atoms with Crippen LogP contribution in [0.25, 0.3) is 33.6 Å². The van der Waals surface area contributed by atoms with Gasteiger partial charge in [0, 0.05) is 24.4 Å². The molecule has 0 saturated carbocycles. The normalized spacial score (nSPS) is 16.6. The van der Waals surface area contributed by atoms with E-state index in [-0.39, 0.29) is 5.92 Å². The summed E-state index contributed by atoms with van der Waals surface area (Å²) >= 11 is 0. The monoisotopic (exact) mass is 398 g/mol. The van der Waals surface area contributed by atoms with Crippen molar-refractivity contribution in [2.24, 2.45) is 13.0 Å². The van der Waals surface area contributed by atoms with Crippen molar-refractivity contribution in [3.8, 4) is 22.4 Å². The van der Waals surface area contributed by atoms with Crippen LogP contribution in [0.5, 0.6) is 0 Å². The van der Waals surface area contributed by atoms with Crippen LogP contribution in [-0.4, -0.2) is 30.2 Å². The molecule has 6 nitrogen and oxygen atoms in total. The van der Waals surface area contributed by atoms with E-state index in [0.717, 1.165) is 40.1 Å². The largest absolute Gasteiger partial charge is 0.481 e. The molecule has 1 aromatic carbocycles. The Morgan fingerprint density at radius 3 is 2.50 bits per heavy atom. The summed E-state index contributed by atoms with van der Waals surface area (Å²) < 4.78 is 3.97. The number of allylic oxidation sites excluding steroid dienone is 2. The molecular weight excluding hydrogens is 376 g/mol. The predicted octanol–water partition coefficient (Wildman–Crippen LogP) is 4.67. The third kappa shape index (κ3) is 3.20. The van der Waals surface area contributed by atoms with Crippen LogP contribution in [-0.2, 0) is 11.8 Å². The van der Waals surface area contributed by atoms with E-state index in [4.69, 9.17) is 0 Å². The molecular formula is C24H22N4O2. The lowest BCUT2D eigenvalue weighted by molar-refractivity contribution is -0.141. The molecule has 1 atom stereocenters. The number of hydrogen-bond acceptors (Lipinski definition) is 3. The van der Waals surface area contributed by atoms with Crippen LogP contribution in [0.1, 0.15) is 25.0 Å². The first-order chi connectivity index (χ1) is 14.6. The van der Waals surface area contributed by atoms with Crippen molar-refractivity contribution in [3.05, 3.63) is 72.8 Å². The molecule has 150 valence electrons. The maximum Gasteiger partial charge on any atom is 0.306 e. The highest BCUT2D eigenvalue weighted by Gasteiger charge is 2.22. The molecule has 30 heavy (non-hydrogen) atoms. The lowest BCUT2D eigenvalue weighted by atomic mass is 9.88. The van der Waals surface area contributed by atoms with Gasteiger partial charge in [0.2, 0.25) is 0 Å². The van der Waals surface area contributed by atoms with Crippen molar-refractivity contribution >= 4 is 17.2 Å². The minimum absolute atomic E-state index is 0.282. The third-order valence-electron chi connectivity index (χ3n) is 5.84. The molecule has 0 saturated heterocycles. The zero-order valence-corrected chi connectivity index (χ0v) is 16.7. The molecule has 3 heterocycles. The summed E-state index contributed by atoms with van der Waals surface area (Å²) in [5.41, 5.74) is 7.48. The van der Waals surface area contributed by atoms with E-state index < -0.39 is 5.97 Å². The standard InChI is InChI=1S/C24H22N4O2/c1-27-15-20(13-26-27)16-5-7-18(8-6-16)22-14-25-23-4-2-3-21(28(22)23)17-9-11-19(12-10-17)24(29)30/h2-9,13-15,19H,10-12H2,1H3,(H,29,30). The Hall–Kier alpha value is -3.67. The minimum atomic E-state index is -0.708. The summed E-state index contributed by atoms with van der Waals surface area (Å²) in [4.78, 5) is 15.9. The molecule has 0 radical (unpaired) electrons. The fourth-order valence-corrected chi connectivity index (χ4v) is 4.19. The van der Waals surface area contributed by atoms with Crippen molar-refractivity contribution in [1.29, 1.82) is 0 Å². The maximum atomic E-state index is 11.3. The van der Waals surface area contributed by atoms with Crippen molar-refractivity contribution in [1.82, 2.24) is 19.2 Å². The number of carboxylic acid groups (broad SMARTS) is 1. The Labute approximate surface area is 174 Å². The number of aliphatic carboxylic acids is 1. The molecule has 1 aliphatic rings. The first-order valence-corrected chi connectivity index (χ1v) is 10.1. The first kappa shape index (κ1) is 18.4. The lowest BCUT2D eigenvalue weighted by Gasteiger charge is -2.20. The van der Waals surface area contributed by atoms with Crippen LogP contribution in [0.2, 0.25) is 0 Å². The van der Waals surface area contributed by atoms with E-state index in [9.17, 15) is 9.90 Å². The summed E-state index contributed by atoms with van der Waals surface area (Å²) in [6.45, 7) is 0. The number of aromatic nitrogens is 4. The highest BCUT2D eigenvalue weighted by atomic mass is 16.4. The number of imidazole rings is 1. The van der Waals surface area contributed by atoms with Crippen molar-refractivity contribution in [2.45, 2.75) is 19.3 Å². The smallest absolute Gasteiger partial charge is 0.306 e. The highest BCUT2D eigenvalue weighted by molar-refractivity contribution is 5.76. The SMILES string of the molecule is Cn1cc(-c2ccc(-c3cnc4cccc(C5=CCC(C(=O)O)CC5)n34)cc2)cn1. The van der Waals surface area contributed by atoms with Gasteiger partial charge in [-0.05, 0) is 42.5 Å². The third-order valence-corrected chi connectivity index (χ3v) is 5.84. The fourth-order valence-electron chi connectivity index (χ4n) is 4.19. The van der Waals surface area contributed by atoms with Gasteiger partial charge in [-0.15, -0.1) is 0 Å². The van der Waals surface area contributed by atoms with Crippen LogP contribution < -0.4 is 0 Å². The maximum absolute atomic E-state index is 11.3. The average molecular weight is 398 g/mol. The van der Waals surface area contributed by atoms with Crippen LogP contribution in [0.3, 0.4) is 0 Å². The number of benzene rings is 1. The molecule has 5 rings (SSSR count). The van der Waals surface area contributed by atoms with E-state index in [1.54, 1.807) is 4.68 Å².